The summed E-state index contributed by atoms with van der Waals surface area (Å²) in [6.07, 6.45) is 2.40. The molecule has 0 spiro atoms. The summed E-state index contributed by atoms with van der Waals surface area (Å²) in [7, 11) is 0. The molecule has 1 N–H and O–H groups in total. The number of hydrogen-bond donors (Lipinski definition) is 1. The maximum absolute atomic E-state index is 12.2. The number of carbonyl (C=O) groups excluding carboxylic acids is 1. The van der Waals surface area contributed by atoms with E-state index in [-0.39, 0.29) is 11.5 Å². The average molecular weight is 321 g/mol. The molecule has 0 atom stereocenters. The van der Waals surface area contributed by atoms with Gasteiger partial charge in [0.25, 0.3) is 0 Å². The molecule has 1 aliphatic carbocycles. The van der Waals surface area contributed by atoms with E-state index in [0.29, 0.717) is 12.0 Å². The second kappa shape index (κ2) is 4.37. The summed E-state index contributed by atoms with van der Waals surface area (Å²) in [6.45, 7) is 0. The van der Waals surface area contributed by atoms with Crippen molar-refractivity contribution in [3.05, 3.63) is 55.7 Å². The lowest BCUT2D eigenvalue weighted by Gasteiger charge is -1.97. The first-order valence-electron chi connectivity index (χ1n) is 5.45. The number of halogens is 1. The van der Waals surface area contributed by atoms with Crippen molar-refractivity contribution >= 4 is 39.1 Å². The van der Waals surface area contributed by atoms with Gasteiger partial charge in [-0.05, 0) is 45.1 Å². The summed E-state index contributed by atoms with van der Waals surface area (Å²) in [5.41, 5.74) is 3.11. The number of Topliss-reactive ketones (excluding diaryl/α,β-unsaturated/α-hetero) is 1. The van der Waals surface area contributed by atoms with Crippen molar-refractivity contribution in [3.8, 4) is 5.75 Å². The molecule has 18 heavy (non-hydrogen) atoms. The molecule has 1 aliphatic rings. The van der Waals surface area contributed by atoms with E-state index in [9.17, 15) is 9.90 Å². The van der Waals surface area contributed by atoms with Crippen molar-refractivity contribution in [2.75, 3.05) is 0 Å². The third kappa shape index (κ3) is 1.91. The first-order chi connectivity index (χ1) is 8.65. The van der Waals surface area contributed by atoms with Gasteiger partial charge < -0.3 is 5.11 Å². The van der Waals surface area contributed by atoms with E-state index in [4.69, 9.17) is 0 Å². The molecule has 0 unspecified atom stereocenters. The molecule has 4 heteroatoms. The Labute approximate surface area is 117 Å². The van der Waals surface area contributed by atoms with Crippen LogP contribution in [0, 0.1) is 0 Å². The molecule has 3 rings (SSSR count). The topological polar surface area (TPSA) is 37.3 Å². The monoisotopic (exact) mass is 320 g/mol. The summed E-state index contributed by atoms with van der Waals surface area (Å²) in [4.78, 5) is 12.2. The SMILES string of the molecule is O=C1/C(=C\c2csc(Br)c2)Cc2c(O)cccc21. The minimum Gasteiger partial charge on any atom is -0.508 e. The lowest BCUT2D eigenvalue weighted by atomic mass is 10.1. The predicted molar refractivity (Wildman–Crippen MR) is 76.1 cm³/mol. The van der Waals surface area contributed by atoms with Crippen molar-refractivity contribution in [3.63, 3.8) is 0 Å². The third-order valence-corrected chi connectivity index (χ3v) is 4.51. The van der Waals surface area contributed by atoms with E-state index < -0.39 is 0 Å². The van der Waals surface area contributed by atoms with Crippen molar-refractivity contribution in [1.82, 2.24) is 0 Å². The zero-order valence-electron chi connectivity index (χ0n) is 9.31. The Morgan fingerprint density at radius 2 is 2.22 bits per heavy atom. The van der Waals surface area contributed by atoms with Crippen molar-refractivity contribution in [2.24, 2.45) is 0 Å². The fraction of sp³-hybridized carbons (Fsp3) is 0.0714. The molecule has 0 amide bonds. The molecule has 0 radical (unpaired) electrons. The van der Waals surface area contributed by atoms with Crippen LogP contribution in [0.3, 0.4) is 0 Å². The Balaban J connectivity index is 2.02. The van der Waals surface area contributed by atoms with Crippen LogP contribution < -0.4 is 0 Å². The van der Waals surface area contributed by atoms with Gasteiger partial charge in [-0.15, -0.1) is 11.3 Å². The maximum atomic E-state index is 12.2. The predicted octanol–water partition coefficient (Wildman–Crippen LogP) is 4.04. The molecule has 0 aliphatic heterocycles. The second-order valence-electron chi connectivity index (χ2n) is 4.16. The zero-order chi connectivity index (χ0) is 12.7. The van der Waals surface area contributed by atoms with Crippen LogP contribution >= 0.6 is 27.3 Å². The van der Waals surface area contributed by atoms with Gasteiger partial charge >= 0.3 is 0 Å². The number of phenolic OH excluding ortho intramolecular Hbond substituents is 1. The maximum Gasteiger partial charge on any atom is 0.189 e. The Morgan fingerprint density at radius 1 is 1.39 bits per heavy atom. The smallest absolute Gasteiger partial charge is 0.189 e. The molecule has 2 nitrogen and oxygen atoms in total. The van der Waals surface area contributed by atoms with Crippen LogP contribution in [0.1, 0.15) is 21.5 Å². The summed E-state index contributed by atoms with van der Waals surface area (Å²) in [5.74, 6) is 0.221. The number of rotatable bonds is 1. The number of fused-ring (bicyclic) bond motifs is 1. The van der Waals surface area contributed by atoms with E-state index in [1.54, 1.807) is 29.5 Å². The van der Waals surface area contributed by atoms with E-state index in [2.05, 4.69) is 15.9 Å². The number of carbonyl (C=O) groups is 1. The molecule has 0 fully saturated rings. The standard InChI is InChI=1S/C14H9BrO2S/c15-13-5-8(7-18-13)4-9-6-11-10(14(9)17)2-1-3-12(11)16/h1-5,7,16H,6H2/b9-4-. The highest BCUT2D eigenvalue weighted by Crippen LogP contribution is 2.34. The molecule has 1 aromatic carbocycles. The Hall–Kier alpha value is -1.39. The van der Waals surface area contributed by atoms with E-state index >= 15 is 0 Å². The third-order valence-electron chi connectivity index (χ3n) is 2.98. The zero-order valence-corrected chi connectivity index (χ0v) is 11.7. The summed E-state index contributed by atoms with van der Waals surface area (Å²) >= 11 is 4.99. The van der Waals surface area contributed by atoms with Gasteiger partial charge in [-0.25, -0.2) is 0 Å². The van der Waals surface area contributed by atoms with Crippen LogP contribution in [0.15, 0.2) is 39.0 Å². The number of allylic oxidation sites excluding steroid dienone is 1. The lowest BCUT2D eigenvalue weighted by Crippen LogP contribution is -1.94. The number of benzene rings is 1. The van der Waals surface area contributed by atoms with Gasteiger partial charge in [-0.2, -0.15) is 0 Å². The van der Waals surface area contributed by atoms with Gasteiger partial charge in [0.1, 0.15) is 5.75 Å². The number of ketones is 1. The molecule has 2 aromatic rings. The quantitative estimate of drug-likeness (QED) is 0.805. The molecule has 0 saturated carbocycles. The van der Waals surface area contributed by atoms with Gasteiger partial charge in [-0.1, -0.05) is 12.1 Å². The molecular formula is C14H9BrO2S. The van der Waals surface area contributed by atoms with Crippen LogP contribution in [0.4, 0.5) is 0 Å². The lowest BCUT2D eigenvalue weighted by molar-refractivity contribution is 0.104. The van der Waals surface area contributed by atoms with Crippen LogP contribution in [-0.4, -0.2) is 10.9 Å². The van der Waals surface area contributed by atoms with E-state index in [1.807, 2.05) is 17.5 Å². The summed E-state index contributed by atoms with van der Waals surface area (Å²) in [5, 5.41) is 11.7. The van der Waals surface area contributed by atoms with E-state index in [0.717, 1.165) is 20.5 Å². The number of thiophene rings is 1. The number of aromatic hydroxyl groups is 1. The first kappa shape index (κ1) is 11.7. The molecule has 1 heterocycles. The van der Waals surface area contributed by atoms with Crippen molar-refractivity contribution in [1.29, 1.82) is 0 Å². The highest BCUT2D eigenvalue weighted by molar-refractivity contribution is 9.11. The Bertz CT molecular complexity index is 670. The highest BCUT2D eigenvalue weighted by Gasteiger charge is 2.26. The molecule has 90 valence electrons. The van der Waals surface area contributed by atoms with Gasteiger partial charge in [0.2, 0.25) is 0 Å². The van der Waals surface area contributed by atoms with Crippen molar-refractivity contribution < 1.29 is 9.90 Å². The van der Waals surface area contributed by atoms with Gasteiger partial charge in [0.05, 0.1) is 3.79 Å². The van der Waals surface area contributed by atoms with Gasteiger partial charge in [-0.3, -0.25) is 4.79 Å². The fourth-order valence-electron chi connectivity index (χ4n) is 2.13. The molecule has 1 aromatic heterocycles. The summed E-state index contributed by atoms with van der Waals surface area (Å²) in [6, 6.07) is 7.07. The number of phenols is 1. The summed E-state index contributed by atoms with van der Waals surface area (Å²) < 4.78 is 1.04. The Kier molecular flexibility index (Phi) is 2.84. The van der Waals surface area contributed by atoms with Crippen LogP contribution in [0.5, 0.6) is 5.75 Å². The molecular weight excluding hydrogens is 312 g/mol. The van der Waals surface area contributed by atoms with Crippen LogP contribution in [0.2, 0.25) is 0 Å². The minimum atomic E-state index is 0.0169. The van der Waals surface area contributed by atoms with Crippen molar-refractivity contribution in [2.45, 2.75) is 6.42 Å². The molecule has 0 bridgehead atoms. The average Bonchev–Trinajstić information content (AvgIpc) is 2.88. The van der Waals surface area contributed by atoms with Gasteiger partial charge in [0.15, 0.2) is 5.78 Å². The fourth-order valence-corrected chi connectivity index (χ4v) is 3.27. The van der Waals surface area contributed by atoms with E-state index in [1.165, 1.54) is 0 Å². The highest BCUT2D eigenvalue weighted by atomic mass is 79.9. The largest absolute Gasteiger partial charge is 0.508 e. The molecule has 0 saturated heterocycles. The second-order valence-corrected chi connectivity index (χ2v) is 6.45. The minimum absolute atomic E-state index is 0.0169. The first-order valence-corrected chi connectivity index (χ1v) is 7.12. The Morgan fingerprint density at radius 3 is 2.89 bits per heavy atom. The van der Waals surface area contributed by atoms with Crippen LogP contribution in [-0.2, 0) is 6.42 Å². The number of hydrogen-bond acceptors (Lipinski definition) is 3. The van der Waals surface area contributed by atoms with Gasteiger partial charge in [0, 0.05) is 23.1 Å². The van der Waals surface area contributed by atoms with Crippen LogP contribution in [0.25, 0.3) is 6.08 Å². The normalized spacial score (nSPS) is 16.3.